The Morgan fingerprint density at radius 3 is 2.72 bits per heavy atom. The lowest BCUT2D eigenvalue weighted by molar-refractivity contribution is -0.154. The van der Waals surface area contributed by atoms with E-state index in [0.717, 1.165) is 17.7 Å². The molecule has 0 atom stereocenters. The number of carbonyl (C=O) groups is 3. The molecule has 2 aliphatic rings. The van der Waals surface area contributed by atoms with E-state index in [-0.39, 0.29) is 25.8 Å². The maximum atomic E-state index is 11.7. The van der Waals surface area contributed by atoms with E-state index in [2.05, 4.69) is 5.92 Å². The molecular formula is C12H14N2O4. The molecule has 0 aromatic carbocycles. The number of nitrogens with zero attached hydrogens (tertiary/aromatic N) is 2. The summed E-state index contributed by atoms with van der Waals surface area (Å²) < 4.78 is 4.99. The molecule has 0 unspecified atom stereocenters. The molecule has 1 aliphatic carbocycles. The normalized spacial score (nSPS) is 20.9. The quantitative estimate of drug-likeness (QED) is 0.405. The predicted octanol–water partition coefficient (Wildman–Crippen LogP) is 0.185. The second kappa shape index (κ2) is 4.33. The molecule has 3 amide bonds. The van der Waals surface area contributed by atoms with E-state index in [4.69, 9.17) is 11.2 Å². The van der Waals surface area contributed by atoms with E-state index in [0.29, 0.717) is 0 Å². The Labute approximate surface area is 105 Å². The summed E-state index contributed by atoms with van der Waals surface area (Å²) in [7, 11) is 0. The van der Waals surface area contributed by atoms with Crippen LogP contribution < -0.4 is 0 Å². The molecule has 2 fully saturated rings. The molecule has 1 saturated heterocycles. The van der Waals surface area contributed by atoms with Crippen molar-refractivity contribution in [2.45, 2.75) is 19.8 Å². The van der Waals surface area contributed by atoms with Crippen molar-refractivity contribution in [1.29, 1.82) is 0 Å². The Hall–Kier alpha value is -2.03. The van der Waals surface area contributed by atoms with Gasteiger partial charge in [0.2, 0.25) is 0 Å². The summed E-state index contributed by atoms with van der Waals surface area (Å²) in [6.45, 7) is 1.49. The van der Waals surface area contributed by atoms with Crippen LogP contribution in [0.5, 0.6) is 0 Å². The number of esters is 1. The highest BCUT2D eigenvalue weighted by Crippen LogP contribution is 2.45. The van der Waals surface area contributed by atoms with Crippen LogP contribution in [0.1, 0.15) is 19.8 Å². The highest BCUT2D eigenvalue weighted by molar-refractivity contribution is 6.02. The van der Waals surface area contributed by atoms with E-state index < -0.39 is 17.4 Å². The molecule has 0 N–H and O–H groups in total. The monoisotopic (exact) mass is 250 g/mol. The Kier molecular flexibility index (Phi) is 2.99. The van der Waals surface area contributed by atoms with E-state index in [9.17, 15) is 14.4 Å². The van der Waals surface area contributed by atoms with Crippen LogP contribution in [0, 0.1) is 17.8 Å². The zero-order valence-electron chi connectivity index (χ0n) is 10.1. The van der Waals surface area contributed by atoms with Crippen molar-refractivity contribution in [2.24, 2.45) is 5.41 Å². The molecule has 2 rings (SSSR count). The standard InChI is InChI=1S/C12H14N2O4/c1-3-6-13-7-9(15)14(11(13)17)8-18-10(16)12(2)4-5-12/h1H,4-8H2,2H3. The van der Waals surface area contributed by atoms with E-state index in [1.807, 2.05) is 0 Å². The Bertz CT molecular complexity index is 447. The molecule has 0 aromatic rings. The molecule has 6 heteroatoms. The maximum Gasteiger partial charge on any atom is 0.330 e. The van der Waals surface area contributed by atoms with Crippen molar-refractivity contribution in [3.8, 4) is 12.3 Å². The van der Waals surface area contributed by atoms with Crippen LogP contribution in [0.3, 0.4) is 0 Å². The van der Waals surface area contributed by atoms with Gasteiger partial charge in [-0.2, -0.15) is 0 Å². The van der Waals surface area contributed by atoms with Crippen molar-refractivity contribution in [3.63, 3.8) is 0 Å². The molecule has 96 valence electrons. The number of ether oxygens (including phenoxy) is 1. The molecular weight excluding hydrogens is 236 g/mol. The van der Waals surface area contributed by atoms with Gasteiger partial charge >= 0.3 is 12.0 Å². The molecule has 0 spiro atoms. The number of rotatable bonds is 4. The summed E-state index contributed by atoms with van der Waals surface area (Å²) in [6, 6.07) is -0.508. The number of urea groups is 1. The summed E-state index contributed by atoms with van der Waals surface area (Å²) in [5.74, 6) is 1.54. The minimum Gasteiger partial charge on any atom is -0.443 e. The van der Waals surface area contributed by atoms with Crippen LogP contribution in [0.25, 0.3) is 0 Å². The lowest BCUT2D eigenvalue weighted by atomic mass is 10.1. The number of hydrogen-bond acceptors (Lipinski definition) is 4. The zero-order valence-corrected chi connectivity index (χ0v) is 10.1. The predicted molar refractivity (Wildman–Crippen MR) is 60.9 cm³/mol. The Balaban J connectivity index is 1.90. The molecule has 1 saturated carbocycles. The molecule has 1 aliphatic heterocycles. The first-order chi connectivity index (χ1) is 8.48. The summed E-state index contributed by atoms with van der Waals surface area (Å²) in [5, 5.41) is 0. The fraction of sp³-hybridized carbons (Fsp3) is 0.583. The van der Waals surface area contributed by atoms with Crippen molar-refractivity contribution < 1.29 is 19.1 Å². The molecule has 0 aromatic heterocycles. The van der Waals surface area contributed by atoms with Gasteiger partial charge in [-0.25, -0.2) is 9.69 Å². The third-order valence-electron chi connectivity index (χ3n) is 3.23. The van der Waals surface area contributed by atoms with Gasteiger partial charge in [0.15, 0.2) is 6.73 Å². The van der Waals surface area contributed by atoms with Gasteiger partial charge in [-0.3, -0.25) is 9.59 Å². The number of imide groups is 1. The van der Waals surface area contributed by atoms with Gasteiger partial charge in [0.25, 0.3) is 5.91 Å². The lowest BCUT2D eigenvalue weighted by Gasteiger charge is -2.16. The third-order valence-corrected chi connectivity index (χ3v) is 3.23. The van der Waals surface area contributed by atoms with Crippen LogP contribution in [-0.2, 0) is 14.3 Å². The number of hydrogen-bond donors (Lipinski definition) is 0. The first-order valence-corrected chi connectivity index (χ1v) is 5.68. The number of carbonyl (C=O) groups excluding carboxylic acids is 3. The smallest absolute Gasteiger partial charge is 0.330 e. The number of terminal acetylenes is 1. The van der Waals surface area contributed by atoms with Gasteiger partial charge in [0.05, 0.1) is 12.0 Å². The lowest BCUT2D eigenvalue weighted by Crippen LogP contribution is -2.36. The van der Waals surface area contributed by atoms with E-state index >= 15 is 0 Å². The van der Waals surface area contributed by atoms with Gasteiger partial charge in [-0.05, 0) is 19.8 Å². The van der Waals surface area contributed by atoms with Crippen molar-refractivity contribution in [3.05, 3.63) is 0 Å². The maximum absolute atomic E-state index is 11.7. The van der Waals surface area contributed by atoms with Crippen molar-refractivity contribution >= 4 is 17.9 Å². The van der Waals surface area contributed by atoms with Gasteiger partial charge in [-0.1, -0.05) is 5.92 Å². The van der Waals surface area contributed by atoms with E-state index in [1.54, 1.807) is 6.92 Å². The zero-order chi connectivity index (χ0) is 13.3. The fourth-order valence-corrected chi connectivity index (χ4v) is 1.64. The SMILES string of the molecule is C#CCN1CC(=O)N(COC(=O)C2(C)CC2)C1=O. The Morgan fingerprint density at radius 1 is 1.50 bits per heavy atom. The second-order valence-electron chi connectivity index (χ2n) is 4.79. The minimum atomic E-state index is -0.508. The summed E-state index contributed by atoms with van der Waals surface area (Å²) in [4.78, 5) is 37.0. The molecule has 18 heavy (non-hydrogen) atoms. The van der Waals surface area contributed by atoms with E-state index in [1.165, 1.54) is 4.90 Å². The molecule has 0 radical (unpaired) electrons. The highest BCUT2D eigenvalue weighted by Gasteiger charge is 2.47. The van der Waals surface area contributed by atoms with Gasteiger partial charge in [-0.15, -0.1) is 6.42 Å². The second-order valence-corrected chi connectivity index (χ2v) is 4.79. The molecule has 0 bridgehead atoms. The summed E-state index contributed by atoms with van der Waals surface area (Å²) in [5.41, 5.74) is -0.426. The first-order valence-electron chi connectivity index (χ1n) is 5.68. The topological polar surface area (TPSA) is 66.9 Å². The largest absolute Gasteiger partial charge is 0.443 e. The summed E-state index contributed by atoms with van der Waals surface area (Å²) in [6.07, 6.45) is 6.67. The number of amides is 3. The first kappa shape index (κ1) is 12.4. The van der Waals surface area contributed by atoms with Crippen molar-refractivity contribution in [2.75, 3.05) is 19.8 Å². The third kappa shape index (κ3) is 2.16. The highest BCUT2D eigenvalue weighted by atomic mass is 16.5. The average molecular weight is 250 g/mol. The minimum absolute atomic E-state index is 0.0577. The van der Waals surface area contributed by atoms with Gasteiger partial charge in [0, 0.05) is 0 Å². The Morgan fingerprint density at radius 2 is 2.17 bits per heavy atom. The summed E-state index contributed by atoms with van der Waals surface area (Å²) >= 11 is 0. The average Bonchev–Trinajstić information content (AvgIpc) is 3.01. The van der Waals surface area contributed by atoms with Crippen LogP contribution in [0.15, 0.2) is 0 Å². The molecule has 1 heterocycles. The van der Waals surface area contributed by atoms with Gasteiger partial charge in [0.1, 0.15) is 6.54 Å². The fourth-order valence-electron chi connectivity index (χ4n) is 1.64. The molecule has 6 nitrogen and oxygen atoms in total. The van der Waals surface area contributed by atoms with Crippen molar-refractivity contribution in [1.82, 2.24) is 9.80 Å². The van der Waals surface area contributed by atoms with Crippen LogP contribution in [0.4, 0.5) is 4.79 Å². The van der Waals surface area contributed by atoms with Crippen LogP contribution in [-0.4, -0.2) is 47.5 Å². The van der Waals surface area contributed by atoms with Crippen LogP contribution >= 0.6 is 0 Å². The van der Waals surface area contributed by atoms with Crippen LogP contribution in [0.2, 0.25) is 0 Å². The van der Waals surface area contributed by atoms with Gasteiger partial charge < -0.3 is 9.64 Å².